The summed E-state index contributed by atoms with van der Waals surface area (Å²) in [5, 5.41) is 10.5. The van der Waals surface area contributed by atoms with Crippen molar-refractivity contribution < 1.29 is 28.6 Å². The summed E-state index contributed by atoms with van der Waals surface area (Å²) >= 11 is 0. The van der Waals surface area contributed by atoms with E-state index in [0.29, 0.717) is 0 Å². The van der Waals surface area contributed by atoms with E-state index in [-0.39, 0.29) is 23.7 Å². The van der Waals surface area contributed by atoms with Crippen molar-refractivity contribution in [2.75, 3.05) is 26.1 Å². The van der Waals surface area contributed by atoms with Crippen molar-refractivity contribution in [3.8, 4) is 0 Å². The van der Waals surface area contributed by atoms with E-state index in [1.807, 2.05) is 0 Å². The number of fused-ring (bicyclic) bond motifs is 1. The zero-order chi connectivity index (χ0) is 18.4. The fourth-order valence-corrected chi connectivity index (χ4v) is 3.45. The molecule has 0 radical (unpaired) electrons. The second-order valence-electron chi connectivity index (χ2n) is 5.66. The summed E-state index contributed by atoms with van der Waals surface area (Å²) in [6.45, 7) is 1.02. The monoisotopic (exact) mass is 375 g/mol. The van der Waals surface area contributed by atoms with Crippen LogP contribution in [0.4, 0.5) is 5.95 Å². The van der Waals surface area contributed by atoms with Crippen LogP contribution in [0.15, 0.2) is 11.1 Å². The number of rotatable bonds is 5. The number of aliphatic hydroxyl groups is 1. The van der Waals surface area contributed by atoms with Gasteiger partial charge in [-0.3, -0.25) is 23.4 Å². The van der Waals surface area contributed by atoms with Crippen LogP contribution < -0.4 is 11.3 Å². The van der Waals surface area contributed by atoms with Gasteiger partial charge >= 0.3 is 7.60 Å². The highest BCUT2D eigenvalue weighted by Crippen LogP contribution is 2.44. The highest BCUT2D eigenvalue weighted by molar-refractivity contribution is 7.51. The number of H-pyrrole nitrogens is 1. The molecule has 1 aliphatic heterocycles. The van der Waals surface area contributed by atoms with E-state index in [4.69, 9.17) is 19.7 Å². The van der Waals surface area contributed by atoms with Gasteiger partial charge in [-0.05, 0) is 0 Å². The Morgan fingerprint density at radius 2 is 2.28 bits per heavy atom. The first-order valence-electron chi connectivity index (χ1n) is 7.24. The van der Waals surface area contributed by atoms with Gasteiger partial charge in [0.2, 0.25) is 5.95 Å². The second kappa shape index (κ2) is 6.48. The molecule has 5 N–H and O–H groups in total. The predicted molar refractivity (Wildman–Crippen MR) is 85.0 cm³/mol. The van der Waals surface area contributed by atoms with E-state index in [2.05, 4.69) is 15.0 Å². The number of methoxy groups -OCH3 is 1. The van der Waals surface area contributed by atoms with Gasteiger partial charge in [-0.1, -0.05) is 0 Å². The summed E-state index contributed by atoms with van der Waals surface area (Å²) in [5.41, 5.74) is 5.12. The molecular formula is C12H18N5O7P. The van der Waals surface area contributed by atoms with Gasteiger partial charge in [0.15, 0.2) is 17.4 Å². The molecule has 0 bridgehead atoms. The van der Waals surface area contributed by atoms with Gasteiger partial charge in [-0.15, -0.1) is 0 Å². The van der Waals surface area contributed by atoms with E-state index in [9.17, 15) is 19.4 Å². The van der Waals surface area contributed by atoms with Crippen molar-refractivity contribution in [3.05, 3.63) is 16.7 Å². The molecule has 0 aromatic carbocycles. The van der Waals surface area contributed by atoms with Crippen molar-refractivity contribution in [2.24, 2.45) is 0 Å². The van der Waals surface area contributed by atoms with Crippen LogP contribution in [0.3, 0.4) is 0 Å². The molecule has 3 heterocycles. The Hall–Kier alpha value is -1.82. The van der Waals surface area contributed by atoms with Gasteiger partial charge in [0, 0.05) is 13.8 Å². The largest absolute Gasteiger partial charge is 0.386 e. The summed E-state index contributed by atoms with van der Waals surface area (Å²) < 4.78 is 28.7. The molecular weight excluding hydrogens is 357 g/mol. The minimum absolute atomic E-state index is 0.0148. The lowest BCUT2D eigenvalue weighted by molar-refractivity contribution is -0.0571. The molecule has 0 aliphatic carbocycles. The van der Waals surface area contributed by atoms with Crippen molar-refractivity contribution in [1.82, 2.24) is 19.5 Å². The van der Waals surface area contributed by atoms with Crippen LogP contribution in [-0.4, -0.2) is 68.2 Å². The van der Waals surface area contributed by atoms with Gasteiger partial charge < -0.3 is 25.2 Å². The third-order valence-electron chi connectivity index (χ3n) is 3.68. The van der Waals surface area contributed by atoms with Crippen molar-refractivity contribution in [3.63, 3.8) is 0 Å². The number of nitrogens with two attached hydrogens (primary N) is 1. The fourth-order valence-electron chi connectivity index (χ4n) is 2.73. The van der Waals surface area contributed by atoms with Crippen LogP contribution in [0.5, 0.6) is 0 Å². The zero-order valence-corrected chi connectivity index (χ0v) is 14.3. The Morgan fingerprint density at radius 3 is 2.92 bits per heavy atom. The molecule has 3 rings (SSSR count). The first-order chi connectivity index (χ1) is 11.7. The van der Waals surface area contributed by atoms with Gasteiger partial charge in [0.1, 0.15) is 18.3 Å². The van der Waals surface area contributed by atoms with Gasteiger partial charge in [0.05, 0.1) is 12.9 Å². The average molecular weight is 375 g/mol. The number of nitrogens with one attached hydrogen (secondary N) is 1. The molecule has 1 aliphatic rings. The van der Waals surface area contributed by atoms with Crippen molar-refractivity contribution in [1.29, 1.82) is 0 Å². The summed E-state index contributed by atoms with van der Waals surface area (Å²) in [7, 11) is -2.48. The molecule has 2 aromatic rings. The number of nitrogens with zero attached hydrogens (tertiary/aromatic N) is 3. The van der Waals surface area contributed by atoms with E-state index in [1.165, 1.54) is 18.0 Å². The smallest absolute Gasteiger partial charge is 0.325 e. The first-order valence-corrected chi connectivity index (χ1v) is 9.27. The SMILES string of the molecule is COC[C@H]1O[C@@H](n2cnc3c(=O)[nH]c(N)nc32)C(O)[C@H]1OP(C)(=O)O. The molecule has 5 atom stereocenters. The second-order valence-corrected chi connectivity index (χ2v) is 7.48. The predicted octanol–water partition coefficient (Wildman–Crippen LogP) is -1.19. The molecule has 2 aromatic heterocycles. The molecule has 0 amide bonds. The molecule has 13 heteroatoms. The lowest BCUT2D eigenvalue weighted by Crippen LogP contribution is -2.35. The summed E-state index contributed by atoms with van der Waals surface area (Å²) in [5.74, 6) is -0.124. The van der Waals surface area contributed by atoms with Crippen LogP contribution in [0.1, 0.15) is 6.23 Å². The quantitative estimate of drug-likeness (QED) is 0.465. The summed E-state index contributed by atoms with van der Waals surface area (Å²) in [6, 6.07) is 0. The van der Waals surface area contributed by atoms with Crippen LogP contribution in [0, 0.1) is 0 Å². The summed E-state index contributed by atoms with van der Waals surface area (Å²) in [4.78, 5) is 31.6. The Kier molecular flexibility index (Phi) is 4.66. The average Bonchev–Trinajstić information content (AvgIpc) is 3.02. The third kappa shape index (κ3) is 3.45. The van der Waals surface area contributed by atoms with Gasteiger partial charge in [-0.25, -0.2) is 4.98 Å². The number of aromatic nitrogens is 4. The minimum atomic E-state index is -3.89. The van der Waals surface area contributed by atoms with E-state index in [0.717, 1.165) is 6.66 Å². The van der Waals surface area contributed by atoms with Crippen LogP contribution in [0.2, 0.25) is 0 Å². The number of aromatic amines is 1. The number of hydrogen-bond donors (Lipinski definition) is 4. The lowest BCUT2D eigenvalue weighted by Gasteiger charge is -2.21. The fraction of sp³-hybridized carbons (Fsp3) is 0.583. The molecule has 2 unspecified atom stereocenters. The van der Waals surface area contributed by atoms with Gasteiger partial charge in [-0.2, -0.15) is 4.98 Å². The van der Waals surface area contributed by atoms with Crippen molar-refractivity contribution in [2.45, 2.75) is 24.5 Å². The number of nitrogen functional groups attached to an aromatic ring is 1. The normalized spacial score (nSPS) is 29.1. The van der Waals surface area contributed by atoms with Crippen LogP contribution in [-0.2, 0) is 18.6 Å². The lowest BCUT2D eigenvalue weighted by atomic mass is 10.1. The minimum Gasteiger partial charge on any atom is -0.386 e. The maximum atomic E-state index is 11.9. The maximum Gasteiger partial charge on any atom is 0.325 e. The third-order valence-corrected chi connectivity index (χ3v) is 4.32. The van der Waals surface area contributed by atoms with E-state index >= 15 is 0 Å². The zero-order valence-electron chi connectivity index (χ0n) is 13.4. The molecule has 1 fully saturated rings. The highest BCUT2D eigenvalue weighted by Gasteiger charge is 2.48. The van der Waals surface area contributed by atoms with Crippen molar-refractivity contribution >= 4 is 24.7 Å². The molecule has 138 valence electrons. The first kappa shape index (κ1) is 18.0. The standard InChI is InChI=1S/C12H18N5O7P/c1-22-3-5-8(24-25(2,20)21)7(18)11(23-5)17-4-14-6-9(17)15-12(13)16-10(6)19/h4-5,7-8,11,18H,3H2,1-2H3,(H,20,21)(H3,13,15,16,19)/t5-,7?,8+,11-/m1/s1. The van der Waals surface area contributed by atoms with E-state index in [1.54, 1.807) is 0 Å². The Balaban J connectivity index is 2.00. The molecule has 1 saturated heterocycles. The molecule has 0 saturated carbocycles. The molecule has 0 spiro atoms. The number of ether oxygens (including phenoxy) is 2. The molecule has 25 heavy (non-hydrogen) atoms. The number of anilines is 1. The van der Waals surface area contributed by atoms with E-state index < -0.39 is 37.7 Å². The van der Waals surface area contributed by atoms with Crippen LogP contribution in [0.25, 0.3) is 11.2 Å². The number of hydrogen-bond acceptors (Lipinski definition) is 9. The highest BCUT2D eigenvalue weighted by atomic mass is 31.2. The topological polar surface area (TPSA) is 175 Å². The van der Waals surface area contributed by atoms with Gasteiger partial charge in [0.25, 0.3) is 5.56 Å². The Morgan fingerprint density at radius 1 is 1.56 bits per heavy atom. The number of aliphatic hydroxyl groups excluding tert-OH is 1. The molecule has 12 nitrogen and oxygen atoms in total. The maximum absolute atomic E-state index is 11.9. The Bertz CT molecular complexity index is 876. The Labute approximate surface area is 141 Å². The summed E-state index contributed by atoms with van der Waals surface area (Å²) in [6.07, 6.45) is -3.07. The number of imidazole rings is 1. The van der Waals surface area contributed by atoms with Crippen LogP contribution >= 0.6 is 7.60 Å².